The van der Waals surface area contributed by atoms with Gasteiger partial charge in [0, 0.05) is 10.5 Å². The van der Waals surface area contributed by atoms with Gasteiger partial charge in [0.1, 0.15) is 12.1 Å². The van der Waals surface area contributed by atoms with E-state index < -0.39 is 36.0 Å². The lowest BCUT2D eigenvalue weighted by Gasteiger charge is -2.45. The Balaban J connectivity index is 1.54. The van der Waals surface area contributed by atoms with E-state index in [4.69, 9.17) is 4.74 Å². The molecule has 3 heterocycles. The number of β-lactam (4-membered cyclic amide) rings is 1. The molecule has 9 heteroatoms. The van der Waals surface area contributed by atoms with Crippen LogP contribution in [-0.2, 0) is 14.3 Å². The fourth-order valence-corrected chi connectivity index (χ4v) is 6.30. The van der Waals surface area contributed by atoms with Crippen LogP contribution in [-0.4, -0.2) is 51.1 Å². The van der Waals surface area contributed by atoms with Crippen molar-refractivity contribution in [2.75, 3.05) is 0 Å². The molecule has 0 aromatic heterocycles. The minimum atomic E-state index is -1.01. The van der Waals surface area contributed by atoms with Crippen LogP contribution in [0.5, 0.6) is 0 Å². The molecule has 31 heavy (non-hydrogen) atoms. The van der Waals surface area contributed by atoms with Crippen LogP contribution >= 0.6 is 34.5 Å². The molecule has 0 radical (unpaired) electrons. The number of hydrogen-bond acceptors (Lipinski definition) is 6. The molecule has 2 aromatic rings. The monoisotopic (exact) mass is 546 g/mol. The van der Waals surface area contributed by atoms with Crippen LogP contribution < -0.4 is 0 Å². The van der Waals surface area contributed by atoms with E-state index >= 15 is 0 Å². The summed E-state index contributed by atoms with van der Waals surface area (Å²) in [5.74, 6) is -1.85. The molecule has 5 rings (SSSR count). The molecule has 3 aliphatic heterocycles. The van der Waals surface area contributed by atoms with Crippen LogP contribution in [0.25, 0.3) is 3.58 Å². The topological polar surface area (TPSA) is 84.0 Å². The average molecular weight is 546 g/mol. The summed E-state index contributed by atoms with van der Waals surface area (Å²) in [6, 6.07) is 14.4. The van der Waals surface area contributed by atoms with Crippen molar-refractivity contribution < 1.29 is 23.9 Å². The molecule has 2 saturated heterocycles. The van der Waals surface area contributed by atoms with Crippen molar-refractivity contribution in [2.45, 2.75) is 25.1 Å². The van der Waals surface area contributed by atoms with Gasteiger partial charge < -0.3 is 4.74 Å². The number of ether oxygens (including phenoxy) is 1. The third kappa shape index (κ3) is 3.01. The van der Waals surface area contributed by atoms with Crippen molar-refractivity contribution in [3.05, 3.63) is 76.2 Å². The number of benzene rings is 2. The first kappa shape index (κ1) is 20.3. The summed E-state index contributed by atoms with van der Waals surface area (Å²) in [5, 5.41) is 0. The molecule has 156 valence electrons. The van der Waals surface area contributed by atoms with Crippen molar-refractivity contribution in [1.29, 1.82) is 0 Å². The summed E-state index contributed by atoms with van der Waals surface area (Å²) in [4.78, 5) is 52.5. The Morgan fingerprint density at radius 3 is 2.13 bits per heavy atom. The zero-order chi connectivity index (χ0) is 21.9. The Morgan fingerprint density at radius 2 is 1.55 bits per heavy atom. The molecule has 0 bridgehead atoms. The molecule has 7 nitrogen and oxygen atoms in total. The minimum Gasteiger partial charge on any atom is -0.455 e. The van der Waals surface area contributed by atoms with E-state index in [0.29, 0.717) is 4.91 Å². The van der Waals surface area contributed by atoms with Gasteiger partial charge in [-0.25, -0.2) is 0 Å². The number of rotatable bonds is 3. The molecular weight excluding hydrogens is 531 g/mol. The third-order valence-corrected chi connectivity index (χ3v) is 8.29. The molecule has 0 N–H and O–H groups in total. The van der Waals surface area contributed by atoms with Gasteiger partial charge in [0.05, 0.1) is 16.0 Å². The van der Waals surface area contributed by atoms with E-state index in [1.54, 1.807) is 24.3 Å². The molecule has 0 saturated carbocycles. The van der Waals surface area contributed by atoms with Crippen molar-refractivity contribution in [3.63, 3.8) is 0 Å². The highest BCUT2D eigenvalue weighted by Crippen LogP contribution is 2.52. The lowest BCUT2D eigenvalue weighted by atomic mass is 9.91. The number of imide groups is 1. The van der Waals surface area contributed by atoms with Gasteiger partial charge in [-0.2, -0.15) is 0 Å². The zero-order valence-corrected chi connectivity index (χ0v) is 19.1. The van der Waals surface area contributed by atoms with Crippen LogP contribution in [0.3, 0.4) is 0 Å². The molecule has 2 aromatic carbocycles. The molecule has 3 aliphatic rings. The van der Waals surface area contributed by atoms with Gasteiger partial charge in [-0.1, -0.05) is 42.5 Å². The molecule has 1 unspecified atom stereocenters. The van der Waals surface area contributed by atoms with Gasteiger partial charge in [0.15, 0.2) is 6.10 Å². The van der Waals surface area contributed by atoms with Crippen LogP contribution in [0.4, 0.5) is 0 Å². The molecule has 3 atom stereocenters. The Hall–Kier alpha value is -2.66. The number of fused-ring (bicyclic) bond motifs is 2. The summed E-state index contributed by atoms with van der Waals surface area (Å²) in [5.41, 5.74) is 1.49. The summed E-state index contributed by atoms with van der Waals surface area (Å²) < 4.78 is 7.96. The highest BCUT2D eigenvalue weighted by Gasteiger charge is 2.64. The van der Waals surface area contributed by atoms with Crippen molar-refractivity contribution >= 4 is 61.8 Å². The van der Waals surface area contributed by atoms with Gasteiger partial charge in [-0.05, 0) is 52.2 Å². The van der Waals surface area contributed by atoms with E-state index in [2.05, 4.69) is 22.6 Å². The fourth-order valence-electron chi connectivity index (χ4n) is 4.09. The van der Waals surface area contributed by atoms with E-state index in [0.717, 1.165) is 14.0 Å². The SMILES string of the molecule is CC(=O)OC1/C(=C(\I)c2ccccc2)SN2C(=O)[C@H](N3C(=O)c4ccccc4C3=O)[C@H]12. The van der Waals surface area contributed by atoms with Crippen molar-refractivity contribution in [2.24, 2.45) is 0 Å². The first-order chi connectivity index (χ1) is 14.9. The second-order valence-electron chi connectivity index (χ2n) is 7.29. The third-order valence-electron chi connectivity index (χ3n) is 5.47. The highest BCUT2D eigenvalue weighted by molar-refractivity contribution is 14.1. The maximum Gasteiger partial charge on any atom is 0.303 e. The largest absolute Gasteiger partial charge is 0.455 e. The summed E-state index contributed by atoms with van der Waals surface area (Å²) in [6.45, 7) is 1.30. The standard InChI is InChI=1S/C22H15IN2O5S/c1-11(26)30-18-16-17(24-20(27)13-9-5-6-10-14(13)21(24)28)22(29)25(16)31-19(18)15(23)12-7-3-2-4-8-12/h2-10,16-18H,1H3/b19-15+/t16-,17-,18?/m1/s1. The van der Waals surface area contributed by atoms with E-state index in [1.165, 1.54) is 23.2 Å². The van der Waals surface area contributed by atoms with E-state index in [-0.39, 0.29) is 17.0 Å². The van der Waals surface area contributed by atoms with Gasteiger partial charge in [-0.15, -0.1) is 0 Å². The number of esters is 1. The Labute approximate surface area is 195 Å². The predicted molar refractivity (Wildman–Crippen MR) is 122 cm³/mol. The normalized spacial score (nSPS) is 25.9. The Kier molecular flexibility index (Phi) is 4.89. The number of carbonyl (C=O) groups excluding carboxylic acids is 4. The van der Waals surface area contributed by atoms with Crippen LogP contribution in [0.1, 0.15) is 33.2 Å². The number of carbonyl (C=O) groups is 4. The lowest BCUT2D eigenvalue weighted by Crippen LogP contribution is -2.70. The smallest absolute Gasteiger partial charge is 0.303 e. The summed E-state index contributed by atoms with van der Waals surface area (Å²) >= 11 is 3.37. The number of halogens is 1. The van der Waals surface area contributed by atoms with Crippen molar-refractivity contribution in [3.8, 4) is 0 Å². The lowest BCUT2D eigenvalue weighted by molar-refractivity contribution is -0.158. The van der Waals surface area contributed by atoms with E-state index in [9.17, 15) is 19.2 Å². The fraction of sp³-hybridized carbons (Fsp3) is 0.182. The van der Waals surface area contributed by atoms with Gasteiger partial charge in [0.2, 0.25) is 0 Å². The van der Waals surface area contributed by atoms with Crippen LogP contribution in [0.2, 0.25) is 0 Å². The van der Waals surface area contributed by atoms with Gasteiger partial charge in [-0.3, -0.25) is 28.4 Å². The minimum absolute atomic E-state index is 0.281. The summed E-state index contributed by atoms with van der Waals surface area (Å²) in [7, 11) is 0. The first-order valence-corrected chi connectivity index (χ1v) is 11.4. The van der Waals surface area contributed by atoms with Crippen LogP contribution in [0.15, 0.2) is 59.5 Å². The average Bonchev–Trinajstić information content (AvgIpc) is 3.22. The molecule has 0 aliphatic carbocycles. The second-order valence-corrected chi connectivity index (χ2v) is 9.39. The number of nitrogens with zero attached hydrogens (tertiary/aromatic N) is 2. The molecular formula is C22H15IN2O5S. The molecule has 0 spiro atoms. The number of hydrogen-bond donors (Lipinski definition) is 0. The van der Waals surface area contributed by atoms with E-state index in [1.807, 2.05) is 30.3 Å². The van der Waals surface area contributed by atoms with Crippen molar-refractivity contribution in [1.82, 2.24) is 9.21 Å². The molecule has 3 amide bonds. The van der Waals surface area contributed by atoms with Gasteiger partial charge in [0.25, 0.3) is 17.7 Å². The second kappa shape index (κ2) is 7.49. The number of amides is 3. The highest BCUT2D eigenvalue weighted by atomic mass is 127. The molecule has 2 fully saturated rings. The maximum atomic E-state index is 13.0. The predicted octanol–water partition coefficient (Wildman–Crippen LogP) is 3.26. The first-order valence-electron chi connectivity index (χ1n) is 9.50. The quantitative estimate of drug-likeness (QED) is 0.193. The maximum absolute atomic E-state index is 13.0. The van der Waals surface area contributed by atoms with Crippen LogP contribution in [0, 0.1) is 0 Å². The Morgan fingerprint density at radius 1 is 0.968 bits per heavy atom. The summed E-state index contributed by atoms with van der Waals surface area (Å²) in [6.07, 6.45) is -0.762. The van der Waals surface area contributed by atoms with Gasteiger partial charge >= 0.3 is 5.97 Å². The zero-order valence-electron chi connectivity index (χ0n) is 16.2. The Bertz CT molecular complexity index is 1150.